The Bertz CT molecular complexity index is 1180. The molecule has 4 rings (SSSR count). The molecule has 0 N–H and O–H groups in total. The van der Waals surface area contributed by atoms with Gasteiger partial charge in [-0.15, -0.1) is 0 Å². The summed E-state index contributed by atoms with van der Waals surface area (Å²) in [5.74, 6) is -2.13. The van der Waals surface area contributed by atoms with Crippen molar-refractivity contribution in [1.82, 2.24) is 4.90 Å². The molecule has 0 unspecified atom stereocenters. The van der Waals surface area contributed by atoms with Gasteiger partial charge >= 0.3 is 5.97 Å². The van der Waals surface area contributed by atoms with Crippen molar-refractivity contribution in [2.45, 2.75) is 32.2 Å². The van der Waals surface area contributed by atoms with Gasteiger partial charge in [-0.25, -0.2) is 4.79 Å². The van der Waals surface area contributed by atoms with Gasteiger partial charge in [-0.1, -0.05) is 86.5 Å². The van der Waals surface area contributed by atoms with Crippen LogP contribution in [0.25, 0.3) is 11.1 Å². The average molecular weight is 456 g/mol. The first kappa shape index (κ1) is 23.1. The van der Waals surface area contributed by atoms with Gasteiger partial charge in [0.1, 0.15) is 6.04 Å². The van der Waals surface area contributed by atoms with Crippen molar-refractivity contribution in [2.75, 3.05) is 6.61 Å². The summed E-state index contributed by atoms with van der Waals surface area (Å²) in [6.45, 7) is 1.49. The van der Waals surface area contributed by atoms with Crippen molar-refractivity contribution in [1.29, 1.82) is 0 Å². The molecule has 0 aliphatic carbocycles. The number of imide groups is 1. The molecule has 34 heavy (non-hydrogen) atoms. The summed E-state index contributed by atoms with van der Waals surface area (Å²) in [4.78, 5) is 52.3. The van der Waals surface area contributed by atoms with Gasteiger partial charge in [-0.2, -0.15) is 0 Å². The summed E-state index contributed by atoms with van der Waals surface area (Å²) >= 11 is 0. The van der Waals surface area contributed by atoms with Crippen LogP contribution in [0.5, 0.6) is 0 Å². The first-order chi connectivity index (χ1) is 16.5. The Balaban J connectivity index is 1.44. The summed E-state index contributed by atoms with van der Waals surface area (Å²) in [6, 6.07) is 22.3. The highest BCUT2D eigenvalue weighted by atomic mass is 16.5. The van der Waals surface area contributed by atoms with Gasteiger partial charge in [0.05, 0.1) is 11.1 Å². The van der Waals surface area contributed by atoms with Gasteiger partial charge in [0.25, 0.3) is 11.8 Å². The number of carbonyl (C=O) groups is 4. The number of esters is 1. The third kappa shape index (κ3) is 4.66. The topological polar surface area (TPSA) is 80.8 Å². The second-order valence-electron chi connectivity index (χ2n) is 8.16. The molecular formula is C28H25NO5. The molecule has 1 aliphatic rings. The van der Waals surface area contributed by atoms with Crippen LogP contribution in [0.15, 0.2) is 78.9 Å². The number of benzene rings is 3. The Labute approximate surface area is 198 Å². The van der Waals surface area contributed by atoms with Gasteiger partial charge in [-0.3, -0.25) is 19.3 Å². The zero-order valence-electron chi connectivity index (χ0n) is 18.9. The van der Waals surface area contributed by atoms with E-state index >= 15 is 0 Å². The molecule has 1 aliphatic heterocycles. The first-order valence-corrected chi connectivity index (χ1v) is 11.3. The van der Waals surface area contributed by atoms with Crippen LogP contribution in [0, 0.1) is 0 Å². The number of nitrogens with zero attached hydrogens (tertiary/aromatic N) is 1. The number of rotatable bonds is 9. The lowest BCUT2D eigenvalue weighted by Crippen LogP contribution is -2.46. The Morgan fingerprint density at radius 2 is 1.35 bits per heavy atom. The van der Waals surface area contributed by atoms with E-state index in [9.17, 15) is 19.2 Å². The molecule has 3 aromatic rings. The monoisotopic (exact) mass is 455 g/mol. The fourth-order valence-electron chi connectivity index (χ4n) is 4.04. The molecule has 0 bridgehead atoms. The highest BCUT2D eigenvalue weighted by Crippen LogP contribution is 2.27. The van der Waals surface area contributed by atoms with Crippen LogP contribution in [0.4, 0.5) is 0 Å². The van der Waals surface area contributed by atoms with E-state index in [1.54, 1.807) is 36.4 Å². The average Bonchev–Trinajstić information content (AvgIpc) is 3.13. The smallest absolute Gasteiger partial charge is 0.329 e. The first-order valence-electron chi connectivity index (χ1n) is 11.3. The predicted octanol–water partition coefficient (Wildman–Crippen LogP) is 4.93. The van der Waals surface area contributed by atoms with Crippen molar-refractivity contribution in [3.63, 3.8) is 0 Å². The number of Topliss-reactive ketones (excluding diaryl/α,β-unsaturated/α-hetero) is 1. The molecule has 6 heteroatoms. The number of carbonyl (C=O) groups excluding carboxylic acids is 4. The molecule has 2 amide bonds. The van der Waals surface area contributed by atoms with Crippen LogP contribution in [0.1, 0.15) is 57.3 Å². The van der Waals surface area contributed by atoms with E-state index in [2.05, 4.69) is 0 Å². The number of ether oxygens (including phenoxy) is 1. The molecule has 6 nitrogen and oxygen atoms in total. The van der Waals surface area contributed by atoms with E-state index in [0.717, 1.165) is 22.4 Å². The summed E-state index contributed by atoms with van der Waals surface area (Å²) in [5, 5.41) is 0. The van der Waals surface area contributed by atoms with Crippen LogP contribution in [-0.2, 0) is 9.53 Å². The molecule has 172 valence electrons. The van der Waals surface area contributed by atoms with Crippen LogP contribution in [-0.4, -0.2) is 41.1 Å². The Kier molecular flexibility index (Phi) is 6.97. The van der Waals surface area contributed by atoms with Crippen LogP contribution >= 0.6 is 0 Å². The van der Waals surface area contributed by atoms with Gasteiger partial charge in [0.2, 0.25) is 0 Å². The molecule has 1 heterocycles. The van der Waals surface area contributed by atoms with E-state index in [1.165, 1.54) is 0 Å². The van der Waals surface area contributed by atoms with Gasteiger partial charge in [0.15, 0.2) is 12.4 Å². The zero-order chi connectivity index (χ0) is 24.1. The standard InChI is InChI=1S/C28H25NO5/c1-2-3-13-24(29-26(31)22-11-7-8-12-23(22)27(29)32)28(33)34-18-25(30)21-16-14-20(15-17-21)19-9-5-4-6-10-19/h4-12,14-17,24H,2-3,13,18H2,1H3/t24-/m0/s1. The van der Waals surface area contributed by atoms with Crippen molar-refractivity contribution in [3.05, 3.63) is 95.6 Å². The maximum absolute atomic E-state index is 12.9. The number of hydrogen-bond donors (Lipinski definition) is 0. The molecule has 0 spiro atoms. The molecule has 0 saturated heterocycles. The molecule has 0 aromatic heterocycles. The minimum atomic E-state index is -1.07. The highest BCUT2D eigenvalue weighted by molar-refractivity contribution is 6.22. The number of fused-ring (bicyclic) bond motifs is 1. The highest BCUT2D eigenvalue weighted by Gasteiger charge is 2.43. The van der Waals surface area contributed by atoms with E-state index < -0.39 is 30.4 Å². The number of unbranched alkanes of at least 4 members (excludes halogenated alkanes) is 1. The molecular weight excluding hydrogens is 430 g/mol. The summed E-state index contributed by atoms with van der Waals surface area (Å²) < 4.78 is 5.31. The van der Waals surface area contributed by atoms with Crippen LogP contribution in [0.3, 0.4) is 0 Å². The maximum Gasteiger partial charge on any atom is 0.329 e. The van der Waals surface area contributed by atoms with E-state index in [0.29, 0.717) is 12.0 Å². The van der Waals surface area contributed by atoms with Crippen LogP contribution < -0.4 is 0 Å². The van der Waals surface area contributed by atoms with E-state index in [1.807, 2.05) is 49.4 Å². The van der Waals surface area contributed by atoms with Gasteiger partial charge in [0, 0.05) is 5.56 Å². The number of hydrogen-bond acceptors (Lipinski definition) is 5. The van der Waals surface area contributed by atoms with Crippen molar-refractivity contribution < 1.29 is 23.9 Å². The van der Waals surface area contributed by atoms with Crippen molar-refractivity contribution >= 4 is 23.6 Å². The van der Waals surface area contributed by atoms with Crippen molar-refractivity contribution in [2.24, 2.45) is 0 Å². The SMILES string of the molecule is CCCC[C@@H](C(=O)OCC(=O)c1ccc(-c2ccccc2)cc1)N1C(=O)c2ccccc2C1=O. The second-order valence-corrected chi connectivity index (χ2v) is 8.16. The summed E-state index contributed by atoms with van der Waals surface area (Å²) in [5.41, 5.74) is 2.97. The lowest BCUT2D eigenvalue weighted by atomic mass is 10.0. The minimum absolute atomic E-state index is 0.274. The van der Waals surface area contributed by atoms with Crippen LogP contribution in [0.2, 0.25) is 0 Å². The zero-order valence-corrected chi connectivity index (χ0v) is 18.9. The summed E-state index contributed by atoms with van der Waals surface area (Å²) in [7, 11) is 0. The van der Waals surface area contributed by atoms with E-state index in [-0.39, 0.29) is 23.3 Å². The molecule has 3 aromatic carbocycles. The fraction of sp³-hybridized carbons (Fsp3) is 0.214. The Morgan fingerprint density at radius 3 is 1.94 bits per heavy atom. The third-order valence-corrected chi connectivity index (χ3v) is 5.90. The maximum atomic E-state index is 12.9. The second kappa shape index (κ2) is 10.3. The van der Waals surface area contributed by atoms with Crippen molar-refractivity contribution in [3.8, 4) is 11.1 Å². The Hall–Kier alpha value is -4.06. The quantitative estimate of drug-likeness (QED) is 0.260. The predicted molar refractivity (Wildman–Crippen MR) is 127 cm³/mol. The molecule has 1 atom stereocenters. The largest absolute Gasteiger partial charge is 0.456 e. The lowest BCUT2D eigenvalue weighted by Gasteiger charge is -2.24. The molecule has 0 saturated carbocycles. The number of amides is 2. The normalized spacial score (nSPS) is 13.5. The number of ketones is 1. The van der Waals surface area contributed by atoms with Gasteiger partial charge in [-0.05, 0) is 29.7 Å². The minimum Gasteiger partial charge on any atom is -0.456 e. The molecule has 0 radical (unpaired) electrons. The molecule has 0 fully saturated rings. The van der Waals surface area contributed by atoms with Gasteiger partial charge < -0.3 is 4.74 Å². The Morgan fingerprint density at radius 1 is 0.794 bits per heavy atom. The third-order valence-electron chi connectivity index (χ3n) is 5.90. The van der Waals surface area contributed by atoms with E-state index in [4.69, 9.17) is 4.74 Å². The fourth-order valence-corrected chi connectivity index (χ4v) is 4.04. The summed E-state index contributed by atoms with van der Waals surface area (Å²) in [6.07, 6.45) is 1.68. The lowest BCUT2D eigenvalue weighted by molar-refractivity contribution is -0.147.